The Morgan fingerprint density at radius 2 is 1.79 bits per heavy atom. The van der Waals surface area contributed by atoms with Gasteiger partial charge >= 0.3 is 12.0 Å². The quantitative estimate of drug-likeness (QED) is 0.820. The third kappa shape index (κ3) is 4.59. The van der Waals surface area contributed by atoms with Crippen LogP contribution >= 0.6 is 11.6 Å². The standard InChI is InChI=1S/C12H13ClN2O4/c1-7(10(16)15-12(18)14-2)19-11(17)8-3-5-9(13)6-4-8/h3-7H,1-2H3,(H2,14,15,16,18)/t7-/m0/s1. The number of amides is 3. The van der Waals surface area contributed by atoms with E-state index < -0.39 is 24.0 Å². The Balaban J connectivity index is 2.59. The van der Waals surface area contributed by atoms with Gasteiger partial charge in [0.25, 0.3) is 5.91 Å². The lowest BCUT2D eigenvalue weighted by atomic mass is 10.2. The molecule has 102 valence electrons. The van der Waals surface area contributed by atoms with E-state index in [1.165, 1.54) is 38.2 Å². The Kier molecular flexibility index (Phi) is 5.32. The van der Waals surface area contributed by atoms with Gasteiger partial charge in [-0.1, -0.05) is 11.6 Å². The monoisotopic (exact) mass is 284 g/mol. The molecule has 7 heteroatoms. The van der Waals surface area contributed by atoms with Gasteiger partial charge in [0, 0.05) is 12.1 Å². The molecule has 0 saturated heterocycles. The number of rotatable bonds is 3. The Morgan fingerprint density at radius 1 is 1.21 bits per heavy atom. The van der Waals surface area contributed by atoms with Crippen LogP contribution in [0.2, 0.25) is 5.02 Å². The van der Waals surface area contributed by atoms with Crippen LogP contribution in [0.5, 0.6) is 0 Å². The first kappa shape index (κ1) is 15.0. The van der Waals surface area contributed by atoms with E-state index in [2.05, 4.69) is 5.32 Å². The predicted molar refractivity (Wildman–Crippen MR) is 68.9 cm³/mol. The van der Waals surface area contributed by atoms with E-state index in [1.807, 2.05) is 5.32 Å². The van der Waals surface area contributed by atoms with Crippen LogP contribution in [-0.4, -0.2) is 31.1 Å². The number of esters is 1. The van der Waals surface area contributed by atoms with Crippen molar-refractivity contribution in [3.05, 3.63) is 34.9 Å². The van der Waals surface area contributed by atoms with Gasteiger partial charge in [0.2, 0.25) is 0 Å². The number of carbonyl (C=O) groups is 3. The van der Waals surface area contributed by atoms with Gasteiger partial charge < -0.3 is 10.1 Å². The molecule has 0 aliphatic carbocycles. The summed E-state index contributed by atoms with van der Waals surface area (Å²) >= 11 is 5.69. The number of nitrogens with one attached hydrogen (secondary N) is 2. The molecule has 6 nitrogen and oxygen atoms in total. The van der Waals surface area contributed by atoms with Crippen molar-refractivity contribution in [2.24, 2.45) is 0 Å². The molecule has 0 heterocycles. The molecule has 0 aliphatic rings. The molecular weight excluding hydrogens is 272 g/mol. The van der Waals surface area contributed by atoms with Crippen LogP contribution in [0.25, 0.3) is 0 Å². The summed E-state index contributed by atoms with van der Waals surface area (Å²) in [5.41, 5.74) is 0.268. The van der Waals surface area contributed by atoms with E-state index in [9.17, 15) is 14.4 Å². The van der Waals surface area contributed by atoms with Crippen molar-refractivity contribution >= 4 is 29.5 Å². The zero-order chi connectivity index (χ0) is 14.4. The van der Waals surface area contributed by atoms with Crippen LogP contribution in [-0.2, 0) is 9.53 Å². The normalized spacial score (nSPS) is 11.3. The van der Waals surface area contributed by atoms with E-state index in [-0.39, 0.29) is 5.56 Å². The molecule has 19 heavy (non-hydrogen) atoms. The molecule has 0 aliphatic heterocycles. The van der Waals surface area contributed by atoms with Gasteiger partial charge in [0.15, 0.2) is 6.10 Å². The van der Waals surface area contributed by atoms with Crippen molar-refractivity contribution in [1.29, 1.82) is 0 Å². The molecule has 1 atom stereocenters. The molecule has 0 saturated carbocycles. The lowest BCUT2D eigenvalue weighted by Gasteiger charge is -2.12. The smallest absolute Gasteiger partial charge is 0.338 e. The lowest BCUT2D eigenvalue weighted by Crippen LogP contribution is -2.43. The molecule has 0 fully saturated rings. The van der Waals surface area contributed by atoms with Crippen LogP contribution in [0, 0.1) is 0 Å². The second-order valence-electron chi connectivity index (χ2n) is 3.62. The molecule has 1 aromatic carbocycles. The molecule has 1 aromatic rings. The van der Waals surface area contributed by atoms with Crippen molar-refractivity contribution in [2.45, 2.75) is 13.0 Å². The topological polar surface area (TPSA) is 84.5 Å². The first-order chi connectivity index (χ1) is 8.93. The Bertz CT molecular complexity index is 487. The van der Waals surface area contributed by atoms with Gasteiger partial charge in [-0.3, -0.25) is 10.1 Å². The van der Waals surface area contributed by atoms with E-state index in [1.54, 1.807) is 0 Å². The van der Waals surface area contributed by atoms with Crippen molar-refractivity contribution in [3.8, 4) is 0 Å². The summed E-state index contributed by atoms with van der Waals surface area (Å²) in [6.07, 6.45) is -1.08. The van der Waals surface area contributed by atoms with E-state index in [0.717, 1.165) is 0 Å². The number of urea groups is 1. The summed E-state index contributed by atoms with van der Waals surface area (Å²) in [7, 11) is 1.37. The number of carbonyl (C=O) groups excluding carboxylic acids is 3. The molecule has 0 spiro atoms. The van der Waals surface area contributed by atoms with Crippen molar-refractivity contribution in [3.63, 3.8) is 0 Å². The maximum Gasteiger partial charge on any atom is 0.338 e. The fourth-order valence-electron chi connectivity index (χ4n) is 1.14. The Morgan fingerprint density at radius 3 is 2.32 bits per heavy atom. The van der Waals surface area contributed by atoms with Gasteiger partial charge in [0.05, 0.1) is 5.56 Å². The van der Waals surface area contributed by atoms with Crippen LogP contribution in [0.15, 0.2) is 24.3 Å². The first-order valence-electron chi connectivity index (χ1n) is 5.43. The van der Waals surface area contributed by atoms with Gasteiger partial charge in [-0.05, 0) is 31.2 Å². The third-order valence-corrected chi connectivity index (χ3v) is 2.45. The number of ether oxygens (including phenoxy) is 1. The Labute approximate surface area is 115 Å². The molecule has 0 unspecified atom stereocenters. The Hall–Kier alpha value is -2.08. The fourth-order valence-corrected chi connectivity index (χ4v) is 1.27. The van der Waals surface area contributed by atoms with Crippen molar-refractivity contribution < 1.29 is 19.1 Å². The molecule has 2 N–H and O–H groups in total. The maximum atomic E-state index is 11.7. The van der Waals surface area contributed by atoms with E-state index in [0.29, 0.717) is 5.02 Å². The van der Waals surface area contributed by atoms with Gasteiger partial charge in [-0.15, -0.1) is 0 Å². The highest BCUT2D eigenvalue weighted by atomic mass is 35.5. The second-order valence-corrected chi connectivity index (χ2v) is 4.06. The highest BCUT2D eigenvalue weighted by Gasteiger charge is 2.20. The van der Waals surface area contributed by atoms with Crippen LogP contribution in [0.1, 0.15) is 17.3 Å². The van der Waals surface area contributed by atoms with Crippen LogP contribution < -0.4 is 10.6 Å². The molecular formula is C12H13ClN2O4. The lowest BCUT2D eigenvalue weighted by molar-refractivity contribution is -0.127. The average molecular weight is 285 g/mol. The zero-order valence-corrected chi connectivity index (χ0v) is 11.2. The van der Waals surface area contributed by atoms with Crippen LogP contribution in [0.3, 0.4) is 0 Å². The largest absolute Gasteiger partial charge is 0.449 e. The second kappa shape index (κ2) is 6.75. The van der Waals surface area contributed by atoms with Gasteiger partial charge in [-0.2, -0.15) is 0 Å². The van der Waals surface area contributed by atoms with Crippen LogP contribution in [0.4, 0.5) is 4.79 Å². The first-order valence-corrected chi connectivity index (χ1v) is 5.81. The summed E-state index contributed by atoms with van der Waals surface area (Å²) in [6.45, 7) is 1.37. The highest BCUT2D eigenvalue weighted by Crippen LogP contribution is 2.11. The predicted octanol–water partition coefficient (Wildman–Crippen LogP) is 1.34. The zero-order valence-electron chi connectivity index (χ0n) is 10.4. The summed E-state index contributed by atoms with van der Waals surface area (Å²) in [6, 6.07) is 5.36. The third-order valence-electron chi connectivity index (χ3n) is 2.20. The van der Waals surface area contributed by atoms with E-state index >= 15 is 0 Å². The fraction of sp³-hybridized carbons (Fsp3) is 0.250. The SMILES string of the molecule is CNC(=O)NC(=O)[C@H](C)OC(=O)c1ccc(Cl)cc1. The van der Waals surface area contributed by atoms with E-state index in [4.69, 9.17) is 16.3 Å². The number of halogens is 1. The minimum absolute atomic E-state index is 0.268. The summed E-state index contributed by atoms with van der Waals surface area (Å²) in [5.74, 6) is -1.38. The molecule has 0 bridgehead atoms. The summed E-state index contributed by atoms with van der Waals surface area (Å²) < 4.78 is 4.91. The molecule has 1 rings (SSSR count). The summed E-state index contributed by atoms with van der Waals surface area (Å²) in [4.78, 5) is 34.1. The minimum atomic E-state index is -1.08. The molecule has 3 amide bonds. The van der Waals surface area contributed by atoms with Crippen molar-refractivity contribution in [2.75, 3.05) is 7.05 Å². The number of benzene rings is 1. The van der Waals surface area contributed by atoms with Gasteiger partial charge in [-0.25, -0.2) is 9.59 Å². The number of imide groups is 1. The van der Waals surface area contributed by atoms with Gasteiger partial charge in [0.1, 0.15) is 0 Å². The number of hydrogen-bond acceptors (Lipinski definition) is 4. The maximum absolute atomic E-state index is 11.7. The highest BCUT2D eigenvalue weighted by molar-refractivity contribution is 6.30. The minimum Gasteiger partial charge on any atom is -0.449 e. The number of hydrogen-bond donors (Lipinski definition) is 2. The summed E-state index contributed by atoms with van der Waals surface area (Å²) in [5, 5.41) is 4.71. The molecule has 0 aromatic heterocycles. The average Bonchev–Trinajstić information content (AvgIpc) is 2.38. The molecule has 0 radical (unpaired) electrons. The van der Waals surface area contributed by atoms with Crippen molar-refractivity contribution in [1.82, 2.24) is 10.6 Å².